The van der Waals surface area contributed by atoms with Gasteiger partial charge in [0.1, 0.15) is 0 Å². The third-order valence-corrected chi connectivity index (χ3v) is 6.31. The molecule has 2 aliphatic rings. The largest absolute Gasteiger partial charge is 0.370 e. The highest BCUT2D eigenvalue weighted by Crippen LogP contribution is 2.45. The molecule has 2 unspecified atom stereocenters. The number of hydrogen-bond acceptors (Lipinski definition) is 3. The second-order valence-corrected chi connectivity index (χ2v) is 6.93. The van der Waals surface area contributed by atoms with Gasteiger partial charge in [-0.05, 0) is 44.6 Å². The standard InChI is InChI=1S/C10H18OS2/c1-8-4-5-10(2,11-8)9-12-6-3-7-13-9/h8-9H,3-7H2,1-2H3. The van der Waals surface area contributed by atoms with E-state index in [0.717, 1.165) is 0 Å². The smallest absolute Gasteiger partial charge is 0.0868 e. The van der Waals surface area contributed by atoms with Gasteiger partial charge in [-0.1, -0.05) is 0 Å². The number of ether oxygens (including phenoxy) is 1. The third-order valence-electron chi connectivity index (χ3n) is 2.84. The summed E-state index contributed by atoms with van der Waals surface area (Å²) in [6.07, 6.45) is 4.35. The van der Waals surface area contributed by atoms with Crippen LogP contribution in [0.4, 0.5) is 0 Å². The fourth-order valence-corrected chi connectivity index (χ4v) is 5.33. The highest BCUT2D eigenvalue weighted by molar-refractivity contribution is 8.17. The highest BCUT2D eigenvalue weighted by atomic mass is 32.2. The molecule has 0 saturated carbocycles. The quantitative estimate of drug-likeness (QED) is 0.669. The summed E-state index contributed by atoms with van der Waals surface area (Å²) in [7, 11) is 0. The molecule has 0 spiro atoms. The topological polar surface area (TPSA) is 9.23 Å². The lowest BCUT2D eigenvalue weighted by Crippen LogP contribution is -2.36. The van der Waals surface area contributed by atoms with Crippen molar-refractivity contribution in [3.05, 3.63) is 0 Å². The molecule has 13 heavy (non-hydrogen) atoms. The van der Waals surface area contributed by atoms with E-state index in [1.54, 1.807) is 0 Å². The van der Waals surface area contributed by atoms with Crippen LogP contribution in [0.15, 0.2) is 0 Å². The summed E-state index contributed by atoms with van der Waals surface area (Å²) in [5.41, 5.74) is 0.162. The summed E-state index contributed by atoms with van der Waals surface area (Å²) in [5, 5.41) is 0. The molecular weight excluding hydrogens is 200 g/mol. The molecule has 2 saturated heterocycles. The van der Waals surface area contributed by atoms with Crippen molar-refractivity contribution >= 4 is 23.5 Å². The summed E-state index contributed by atoms with van der Waals surface area (Å²) < 4.78 is 6.73. The summed E-state index contributed by atoms with van der Waals surface area (Å²) in [6, 6.07) is 0. The average molecular weight is 218 g/mol. The molecule has 0 amide bonds. The van der Waals surface area contributed by atoms with Crippen molar-refractivity contribution in [2.75, 3.05) is 11.5 Å². The molecule has 2 atom stereocenters. The van der Waals surface area contributed by atoms with E-state index in [-0.39, 0.29) is 5.60 Å². The van der Waals surface area contributed by atoms with E-state index in [1.165, 1.54) is 30.8 Å². The fraction of sp³-hybridized carbons (Fsp3) is 1.00. The Hall–Kier alpha value is 0.660. The molecule has 2 aliphatic heterocycles. The molecule has 2 heterocycles. The zero-order valence-corrected chi connectivity index (χ0v) is 10.0. The van der Waals surface area contributed by atoms with Crippen LogP contribution in [0.25, 0.3) is 0 Å². The van der Waals surface area contributed by atoms with Gasteiger partial charge in [0.25, 0.3) is 0 Å². The number of hydrogen-bond donors (Lipinski definition) is 0. The summed E-state index contributed by atoms with van der Waals surface area (Å²) in [6.45, 7) is 4.50. The van der Waals surface area contributed by atoms with Crippen LogP contribution in [0.1, 0.15) is 33.1 Å². The molecule has 76 valence electrons. The Bertz CT molecular complexity index is 180. The molecule has 1 nitrogen and oxygen atoms in total. The zero-order chi connectivity index (χ0) is 9.31. The van der Waals surface area contributed by atoms with Crippen molar-refractivity contribution < 1.29 is 4.74 Å². The van der Waals surface area contributed by atoms with E-state index >= 15 is 0 Å². The Balaban J connectivity index is 1.97. The molecule has 0 bridgehead atoms. The minimum absolute atomic E-state index is 0.162. The Morgan fingerprint density at radius 3 is 2.54 bits per heavy atom. The van der Waals surface area contributed by atoms with Gasteiger partial charge in [0.2, 0.25) is 0 Å². The maximum absolute atomic E-state index is 6.05. The van der Waals surface area contributed by atoms with Gasteiger partial charge in [0.05, 0.1) is 16.3 Å². The molecule has 2 fully saturated rings. The highest BCUT2D eigenvalue weighted by Gasteiger charge is 2.42. The Morgan fingerprint density at radius 2 is 2.00 bits per heavy atom. The van der Waals surface area contributed by atoms with E-state index in [4.69, 9.17) is 4.74 Å². The molecule has 0 aliphatic carbocycles. The normalized spacial score (nSPS) is 42.5. The van der Waals surface area contributed by atoms with Crippen molar-refractivity contribution in [1.29, 1.82) is 0 Å². The van der Waals surface area contributed by atoms with E-state index in [1.807, 2.05) is 0 Å². The molecular formula is C10H18OS2. The second kappa shape index (κ2) is 4.03. The third kappa shape index (κ3) is 2.18. The van der Waals surface area contributed by atoms with Gasteiger partial charge in [0, 0.05) is 0 Å². The van der Waals surface area contributed by atoms with E-state index in [9.17, 15) is 0 Å². The SMILES string of the molecule is CC1CCC(C)(C2SCCCS2)O1. The monoisotopic (exact) mass is 218 g/mol. The van der Waals surface area contributed by atoms with Crippen LogP contribution in [-0.2, 0) is 4.74 Å². The van der Waals surface area contributed by atoms with E-state index in [0.29, 0.717) is 10.7 Å². The predicted molar refractivity (Wildman–Crippen MR) is 61.5 cm³/mol. The first kappa shape index (κ1) is 10.2. The molecule has 0 aromatic rings. The van der Waals surface area contributed by atoms with Gasteiger partial charge in [-0.25, -0.2) is 0 Å². The second-order valence-electron chi connectivity index (χ2n) is 4.21. The van der Waals surface area contributed by atoms with Crippen LogP contribution in [-0.4, -0.2) is 27.8 Å². The van der Waals surface area contributed by atoms with Gasteiger partial charge in [0.15, 0.2) is 0 Å². The van der Waals surface area contributed by atoms with Gasteiger partial charge in [-0.15, -0.1) is 23.5 Å². The first-order valence-corrected chi connectivity index (χ1v) is 7.21. The van der Waals surface area contributed by atoms with Gasteiger partial charge in [-0.3, -0.25) is 0 Å². The average Bonchev–Trinajstić information content (AvgIpc) is 2.49. The first-order chi connectivity index (χ1) is 6.21. The first-order valence-electron chi connectivity index (χ1n) is 5.12. The maximum atomic E-state index is 6.05. The number of rotatable bonds is 1. The predicted octanol–water partition coefficient (Wildman–Crippen LogP) is 3.14. The molecule has 0 aromatic heterocycles. The fourth-order valence-electron chi connectivity index (χ4n) is 2.08. The lowest BCUT2D eigenvalue weighted by atomic mass is 10.1. The maximum Gasteiger partial charge on any atom is 0.0868 e. The zero-order valence-electron chi connectivity index (χ0n) is 8.41. The Kier molecular flexibility index (Phi) is 3.16. The van der Waals surface area contributed by atoms with E-state index in [2.05, 4.69) is 37.4 Å². The van der Waals surface area contributed by atoms with Crippen LogP contribution >= 0.6 is 23.5 Å². The molecule has 0 N–H and O–H groups in total. The van der Waals surface area contributed by atoms with Crippen LogP contribution < -0.4 is 0 Å². The van der Waals surface area contributed by atoms with Crippen molar-refractivity contribution in [2.45, 2.75) is 49.4 Å². The van der Waals surface area contributed by atoms with Crippen LogP contribution in [0.5, 0.6) is 0 Å². The summed E-state index contributed by atoms with van der Waals surface area (Å²) in [5.74, 6) is 2.65. The molecule has 3 heteroatoms. The van der Waals surface area contributed by atoms with Gasteiger partial charge < -0.3 is 4.74 Å². The van der Waals surface area contributed by atoms with Crippen molar-refractivity contribution in [3.63, 3.8) is 0 Å². The summed E-state index contributed by atoms with van der Waals surface area (Å²) in [4.78, 5) is 0. The van der Waals surface area contributed by atoms with Crippen molar-refractivity contribution in [2.24, 2.45) is 0 Å². The molecule has 2 rings (SSSR count). The van der Waals surface area contributed by atoms with Crippen LogP contribution in [0.3, 0.4) is 0 Å². The summed E-state index contributed by atoms with van der Waals surface area (Å²) >= 11 is 4.20. The van der Waals surface area contributed by atoms with Gasteiger partial charge >= 0.3 is 0 Å². The van der Waals surface area contributed by atoms with Gasteiger partial charge in [-0.2, -0.15) is 0 Å². The lowest BCUT2D eigenvalue weighted by molar-refractivity contribution is -0.00856. The van der Waals surface area contributed by atoms with Crippen LogP contribution in [0, 0.1) is 0 Å². The van der Waals surface area contributed by atoms with Crippen LogP contribution in [0.2, 0.25) is 0 Å². The molecule has 0 aromatic carbocycles. The minimum Gasteiger partial charge on any atom is -0.370 e. The number of thioether (sulfide) groups is 2. The molecule has 0 radical (unpaired) electrons. The lowest BCUT2D eigenvalue weighted by Gasteiger charge is -2.35. The van der Waals surface area contributed by atoms with Crippen molar-refractivity contribution in [1.82, 2.24) is 0 Å². The minimum atomic E-state index is 0.162. The Morgan fingerprint density at radius 1 is 1.31 bits per heavy atom. The van der Waals surface area contributed by atoms with Crippen molar-refractivity contribution in [3.8, 4) is 0 Å². The van der Waals surface area contributed by atoms with E-state index < -0.39 is 0 Å². The Labute approximate surface area is 89.4 Å².